The molecule has 0 radical (unpaired) electrons. The monoisotopic (exact) mass is 306 g/mol. The molecular formula is C18H18N4O. The molecule has 0 saturated carbocycles. The minimum Gasteiger partial charge on any atom is -0.300 e. The minimum absolute atomic E-state index is 0.276. The number of tetrazole rings is 1. The van der Waals surface area contributed by atoms with Crippen molar-refractivity contribution in [2.24, 2.45) is 0 Å². The first-order valence-electron chi connectivity index (χ1n) is 7.72. The maximum atomic E-state index is 11.5. The maximum Gasteiger partial charge on any atom is 0.205 e. The molecule has 0 amide bonds. The van der Waals surface area contributed by atoms with Gasteiger partial charge in [-0.25, -0.2) is 0 Å². The van der Waals surface area contributed by atoms with Gasteiger partial charge in [0.2, 0.25) is 5.82 Å². The zero-order valence-electron chi connectivity index (χ0n) is 13.0. The van der Waals surface area contributed by atoms with Crippen LogP contribution in [0.4, 0.5) is 0 Å². The maximum absolute atomic E-state index is 11.5. The van der Waals surface area contributed by atoms with E-state index in [-0.39, 0.29) is 5.78 Å². The SMILES string of the molecule is CCC(=O)CCc1ccc(-c2ccccc2)c(-c2nn[nH]n2)c1. The molecule has 23 heavy (non-hydrogen) atoms. The average molecular weight is 306 g/mol. The Morgan fingerprint density at radius 2 is 1.91 bits per heavy atom. The van der Waals surface area contributed by atoms with Crippen LogP contribution in [0.3, 0.4) is 0 Å². The van der Waals surface area contributed by atoms with Gasteiger partial charge in [-0.3, -0.25) is 4.79 Å². The standard InChI is InChI=1S/C18H18N4O/c1-2-15(23)10-8-13-9-11-16(14-6-4-3-5-7-14)17(12-13)18-19-21-22-20-18/h3-7,9,11-12H,2,8,10H2,1H3,(H,19,20,21,22). The molecule has 0 aliphatic rings. The van der Waals surface area contributed by atoms with E-state index in [2.05, 4.69) is 51.0 Å². The van der Waals surface area contributed by atoms with Crippen LogP contribution in [0, 0.1) is 0 Å². The predicted octanol–water partition coefficient (Wildman–Crippen LogP) is 3.45. The molecule has 0 atom stereocenters. The van der Waals surface area contributed by atoms with Crippen LogP contribution in [0.1, 0.15) is 25.3 Å². The Labute approximate surface area is 134 Å². The van der Waals surface area contributed by atoms with E-state index >= 15 is 0 Å². The van der Waals surface area contributed by atoms with Crippen LogP contribution in [0.5, 0.6) is 0 Å². The Hall–Kier alpha value is -2.82. The fourth-order valence-electron chi connectivity index (χ4n) is 2.54. The molecule has 1 heterocycles. The third-order valence-electron chi connectivity index (χ3n) is 3.84. The Kier molecular flexibility index (Phi) is 4.57. The normalized spacial score (nSPS) is 10.7. The zero-order chi connectivity index (χ0) is 16.1. The van der Waals surface area contributed by atoms with Gasteiger partial charge in [0.15, 0.2) is 0 Å². The van der Waals surface area contributed by atoms with E-state index in [0.29, 0.717) is 18.7 Å². The lowest BCUT2D eigenvalue weighted by atomic mass is 9.95. The second kappa shape index (κ2) is 6.96. The Balaban J connectivity index is 1.99. The third-order valence-corrected chi connectivity index (χ3v) is 3.84. The Morgan fingerprint density at radius 3 is 2.61 bits per heavy atom. The van der Waals surface area contributed by atoms with Crippen molar-refractivity contribution in [3.05, 3.63) is 54.1 Å². The Bertz CT molecular complexity index is 782. The summed E-state index contributed by atoms with van der Waals surface area (Å²) in [5, 5.41) is 14.4. The summed E-state index contributed by atoms with van der Waals surface area (Å²) in [6.07, 6.45) is 1.87. The summed E-state index contributed by atoms with van der Waals surface area (Å²) in [5.41, 5.74) is 4.18. The van der Waals surface area contributed by atoms with Crippen molar-refractivity contribution < 1.29 is 4.79 Å². The molecule has 0 saturated heterocycles. The molecule has 3 aromatic rings. The van der Waals surface area contributed by atoms with Crippen LogP contribution in [-0.2, 0) is 11.2 Å². The molecule has 1 aromatic heterocycles. The molecule has 3 rings (SSSR count). The number of aromatic amines is 1. The molecule has 116 valence electrons. The Morgan fingerprint density at radius 1 is 1.09 bits per heavy atom. The summed E-state index contributed by atoms with van der Waals surface area (Å²) in [6.45, 7) is 1.89. The van der Waals surface area contributed by atoms with Crippen molar-refractivity contribution in [2.45, 2.75) is 26.2 Å². The molecule has 2 aromatic carbocycles. The number of rotatable bonds is 6. The number of hydrogen-bond acceptors (Lipinski definition) is 4. The van der Waals surface area contributed by atoms with E-state index in [9.17, 15) is 4.79 Å². The lowest BCUT2D eigenvalue weighted by Gasteiger charge is -2.09. The fourth-order valence-corrected chi connectivity index (χ4v) is 2.54. The van der Waals surface area contributed by atoms with Gasteiger partial charge in [0.25, 0.3) is 0 Å². The van der Waals surface area contributed by atoms with Crippen LogP contribution in [-0.4, -0.2) is 26.4 Å². The second-order valence-electron chi connectivity index (χ2n) is 5.37. The van der Waals surface area contributed by atoms with Crippen molar-refractivity contribution in [2.75, 3.05) is 0 Å². The summed E-state index contributed by atoms with van der Waals surface area (Å²) in [6, 6.07) is 16.3. The van der Waals surface area contributed by atoms with E-state index in [4.69, 9.17) is 0 Å². The number of carbonyl (C=O) groups is 1. The molecule has 0 fully saturated rings. The van der Waals surface area contributed by atoms with Gasteiger partial charge in [-0.05, 0) is 34.4 Å². The van der Waals surface area contributed by atoms with Gasteiger partial charge in [0.1, 0.15) is 5.78 Å². The van der Waals surface area contributed by atoms with Gasteiger partial charge in [-0.2, -0.15) is 5.21 Å². The first-order valence-corrected chi connectivity index (χ1v) is 7.72. The zero-order valence-corrected chi connectivity index (χ0v) is 13.0. The van der Waals surface area contributed by atoms with E-state index in [1.807, 2.05) is 25.1 Å². The average Bonchev–Trinajstić information content (AvgIpc) is 3.14. The number of Topliss-reactive ketones (excluding diaryl/α,β-unsaturated/α-hetero) is 1. The lowest BCUT2D eigenvalue weighted by molar-refractivity contribution is -0.118. The molecule has 0 aliphatic carbocycles. The first-order chi connectivity index (χ1) is 11.3. The number of aromatic nitrogens is 4. The van der Waals surface area contributed by atoms with Gasteiger partial charge < -0.3 is 0 Å². The van der Waals surface area contributed by atoms with Crippen molar-refractivity contribution >= 4 is 5.78 Å². The number of benzene rings is 2. The largest absolute Gasteiger partial charge is 0.300 e. The van der Waals surface area contributed by atoms with Crippen molar-refractivity contribution in [3.8, 4) is 22.5 Å². The van der Waals surface area contributed by atoms with Gasteiger partial charge in [-0.15, -0.1) is 10.2 Å². The summed E-state index contributed by atoms with van der Waals surface area (Å²) >= 11 is 0. The molecule has 0 aliphatic heterocycles. The molecule has 5 heteroatoms. The number of ketones is 1. The summed E-state index contributed by atoms with van der Waals surface area (Å²) < 4.78 is 0. The second-order valence-corrected chi connectivity index (χ2v) is 5.37. The molecule has 5 nitrogen and oxygen atoms in total. The molecular weight excluding hydrogens is 288 g/mol. The molecule has 1 N–H and O–H groups in total. The highest BCUT2D eigenvalue weighted by atomic mass is 16.1. The summed E-state index contributed by atoms with van der Waals surface area (Å²) in [5.74, 6) is 0.839. The molecule has 0 unspecified atom stereocenters. The van der Waals surface area contributed by atoms with Crippen molar-refractivity contribution in [1.82, 2.24) is 20.6 Å². The van der Waals surface area contributed by atoms with E-state index in [1.165, 1.54) is 0 Å². The van der Waals surface area contributed by atoms with E-state index in [1.54, 1.807) is 0 Å². The van der Waals surface area contributed by atoms with Crippen LogP contribution < -0.4 is 0 Å². The van der Waals surface area contributed by atoms with Crippen LogP contribution in [0.2, 0.25) is 0 Å². The van der Waals surface area contributed by atoms with Crippen LogP contribution >= 0.6 is 0 Å². The third kappa shape index (κ3) is 3.51. The number of carbonyl (C=O) groups excluding carboxylic acids is 1. The predicted molar refractivity (Wildman–Crippen MR) is 88.7 cm³/mol. The van der Waals surface area contributed by atoms with Gasteiger partial charge in [0.05, 0.1) is 0 Å². The minimum atomic E-state index is 0.276. The highest BCUT2D eigenvalue weighted by molar-refractivity contribution is 5.81. The first kappa shape index (κ1) is 15.1. The number of nitrogens with one attached hydrogen (secondary N) is 1. The van der Waals surface area contributed by atoms with E-state index in [0.717, 1.165) is 28.7 Å². The lowest BCUT2D eigenvalue weighted by Crippen LogP contribution is -1.98. The molecule has 0 spiro atoms. The number of nitrogens with zero attached hydrogens (tertiary/aromatic N) is 3. The molecule has 0 bridgehead atoms. The summed E-state index contributed by atoms with van der Waals surface area (Å²) in [4.78, 5) is 11.5. The van der Waals surface area contributed by atoms with Gasteiger partial charge in [-0.1, -0.05) is 49.4 Å². The number of hydrogen-bond donors (Lipinski definition) is 1. The fraction of sp³-hybridized carbons (Fsp3) is 0.222. The van der Waals surface area contributed by atoms with E-state index < -0.39 is 0 Å². The number of aryl methyl sites for hydroxylation is 1. The summed E-state index contributed by atoms with van der Waals surface area (Å²) in [7, 11) is 0. The number of H-pyrrole nitrogens is 1. The van der Waals surface area contributed by atoms with Crippen LogP contribution in [0.25, 0.3) is 22.5 Å². The van der Waals surface area contributed by atoms with Gasteiger partial charge in [0, 0.05) is 18.4 Å². The van der Waals surface area contributed by atoms with Gasteiger partial charge >= 0.3 is 0 Å². The quantitative estimate of drug-likeness (QED) is 0.757. The van der Waals surface area contributed by atoms with Crippen molar-refractivity contribution in [3.63, 3.8) is 0 Å². The smallest absolute Gasteiger partial charge is 0.205 e. The highest BCUT2D eigenvalue weighted by Crippen LogP contribution is 2.31. The van der Waals surface area contributed by atoms with Crippen LogP contribution in [0.15, 0.2) is 48.5 Å². The van der Waals surface area contributed by atoms with Crippen molar-refractivity contribution in [1.29, 1.82) is 0 Å². The topological polar surface area (TPSA) is 71.5 Å². The highest BCUT2D eigenvalue weighted by Gasteiger charge is 2.12.